The number of hydrogen-bond donors (Lipinski definition) is 2. The third-order valence-electron chi connectivity index (χ3n) is 4.48. The first-order valence-electron chi connectivity index (χ1n) is 9.53. The van der Waals surface area contributed by atoms with Crippen molar-refractivity contribution in [2.75, 3.05) is 41.4 Å². The fourth-order valence-corrected chi connectivity index (χ4v) is 2.96. The highest BCUT2D eigenvalue weighted by molar-refractivity contribution is 14.0. The SMILES string of the molecule is CCNC(=NCc1ccc(OC)c(OC)c1)NCC(c1ccccc1)N(C)C.I. The lowest BCUT2D eigenvalue weighted by molar-refractivity contribution is 0.298. The summed E-state index contributed by atoms with van der Waals surface area (Å²) in [5.41, 5.74) is 2.33. The van der Waals surface area contributed by atoms with E-state index in [-0.39, 0.29) is 30.0 Å². The Kier molecular flexibility index (Phi) is 11.5. The van der Waals surface area contributed by atoms with Crippen molar-refractivity contribution >= 4 is 29.9 Å². The second-order valence-corrected chi connectivity index (χ2v) is 6.66. The van der Waals surface area contributed by atoms with Gasteiger partial charge in [0.2, 0.25) is 0 Å². The molecule has 0 heterocycles. The van der Waals surface area contributed by atoms with Gasteiger partial charge in [0.1, 0.15) is 0 Å². The molecule has 0 fully saturated rings. The second-order valence-electron chi connectivity index (χ2n) is 6.66. The Morgan fingerprint density at radius 3 is 2.28 bits per heavy atom. The summed E-state index contributed by atoms with van der Waals surface area (Å²) in [5.74, 6) is 2.22. The van der Waals surface area contributed by atoms with E-state index in [9.17, 15) is 0 Å². The van der Waals surface area contributed by atoms with Crippen molar-refractivity contribution in [1.29, 1.82) is 0 Å². The molecule has 0 spiro atoms. The monoisotopic (exact) mass is 512 g/mol. The summed E-state index contributed by atoms with van der Waals surface area (Å²) in [7, 11) is 7.46. The number of hydrogen-bond acceptors (Lipinski definition) is 4. The number of nitrogens with zero attached hydrogens (tertiary/aromatic N) is 2. The molecule has 0 bridgehead atoms. The molecule has 0 aromatic heterocycles. The number of guanidine groups is 1. The van der Waals surface area contributed by atoms with Crippen LogP contribution in [0.1, 0.15) is 24.1 Å². The molecule has 2 aromatic rings. The Bertz CT molecular complexity index is 754. The Morgan fingerprint density at radius 1 is 1.00 bits per heavy atom. The van der Waals surface area contributed by atoms with E-state index in [1.807, 2.05) is 24.3 Å². The molecule has 2 rings (SSSR count). The van der Waals surface area contributed by atoms with Gasteiger partial charge in [0, 0.05) is 13.1 Å². The lowest BCUT2D eigenvalue weighted by Gasteiger charge is -2.26. The maximum absolute atomic E-state index is 5.38. The van der Waals surface area contributed by atoms with Crippen LogP contribution in [-0.4, -0.2) is 52.3 Å². The summed E-state index contributed by atoms with van der Waals surface area (Å²) in [6, 6.07) is 16.6. The molecule has 1 atom stereocenters. The zero-order chi connectivity index (χ0) is 20.4. The van der Waals surface area contributed by atoms with Gasteiger partial charge < -0.3 is 25.0 Å². The van der Waals surface area contributed by atoms with Crippen molar-refractivity contribution < 1.29 is 9.47 Å². The fraction of sp³-hybridized carbons (Fsp3) is 0.409. The first-order chi connectivity index (χ1) is 13.6. The predicted octanol–water partition coefficient (Wildman–Crippen LogP) is 3.68. The van der Waals surface area contributed by atoms with Gasteiger partial charge in [0.25, 0.3) is 0 Å². The van der Waals surface area contributed by atoms with Crippen molar-refractivity contribution in [3.63, 3.8) is 0 Å². The van der Waals surface area contributed by atoms with E-state index in [1.165, 1.54) is 5.56 Å². The van der Waals surface area contributed by atoms with E-state index < -0.39 is 0 Å². The highest BCUT2D eigenvalue weighted by Crippen LogP contribution is 2.27. The third-order valence-corrected chi connectivity index (χ3v) is 4.48. The average Bonchev–Trinajstić information content (AvgIpc) is 2.72. The number of likely N-dealkylation sites (N-methyl/N-ethyl adjacent to an activating group) is 1. The van der Waals surface area contributed by atoms with Crippen LogP contribution in [0, 0.1) is 0 Å². The highest BCUT2D eigenvalue weighted by Gasteiger charge is 2.14. The summed E-state index contributed by atoms with van der Waals surface area (Å²) in [4.78, 5) is 6.93. The van der Waals surface area contributed by atoms with Gasteiger partial charge in [-0.2, -0.15) is 0 Å². The summed E-state index contributed by atoms with van der Waals surface area (Å²) in [5, 5.41) is 6.78. The van der Waals surface area contributed by atoms with E-state index in [4.69, 9.17) is 14.5 Å². The molecule has 0 saturated heterocycles. The van der Waals surface area contributed by atoms with Crippen LogP contribution in [-0.2, 0) is 6.54 Å². The molecule has 29 heavy (non-hydrogen) atoms. The van der Waals surface area contributed by atoms with Gasteiger partial charge in [-0.3, -0.25) is 0 Å². The number of benzene rings is 2. The zero-order valence-electron chi connectivity index (χ0n) is 17.9. The van der Waals surface area contributed by atoms with Crippen LogP contribution in [0.3, 0.4) is 0 Å². The Hall–Kier alpha value is -2.00. The van der Waals surface area contributed by atoms with Crippen LogP contribution >= 0.6 is 24.0 Å². The van der Waals surface area contributed by atoms with Crippen molar-refractivity contribution in [3.8, 4) is 11.5 Å². The first kappa shape index (κ1) is 25.0. The van der Waals surface area contributed by atoms with Crippen LogP contribution in [0.5, 0.6) is 11.5 Å². The smallest absolute Gasteiger partial charge is 0.191 e. The second kappa shape index (κ2) is 13.3. The lowest BCUT2D eigenvalue weighted by Crippen LogP contribution is -2.41. The standard InChI is InChI=1S/C22H32N4O2.HI/c1-6-23-22(24-15-17-12-13-20(27-4)21(14-17)28-5)25-16-19(26(2)3)18-10-8-7-9-11-18;/h7-14,19H,6,15-16H2,1-5H3,(H2,23,24,25);1H. The maximum Gasteiger partial charge on any atom is 0.191 e. The van der Waals surface area contributed by atoms with Gasteiger partial charge in [-0.15, -0.1) is 24.0 Å². The molecule has 1 unspecified atom stereocenters. The van der Waals surface area contributed by atoms with Crippen LogP contribution in [0.15, 0.2) is 53.5 Å². The summed E-state index contributed by atoms with van der Waals surface area (Å²) < 4.78 is 10.7. The molecule has 0 aliphatic carbocycles. The molecule has 0 saturated carbocycles. The lowest BCUT2D eigenvalue weighted by atomic mass is 10.1. The Morgan fingerprint density at radius 2 is 1.69 bits per heavy atom. The van der Waals surface area contributed by atoms with E-state index in [1.54, 1.807) is 14.2 Å². The molecule has 7 heteroatoms. The van der Waals surface area contributed by atoms with Crippen molar-refractivity contribution in [2.24, 2.45) is 4.99 Å². The number of nitrogens with one attached hydrogen (secondary N) is 2. The van der Waals surface area contributed by atoms with Crippen LogP contribution in [0.25, 0.3) is 0 Å². The molecular formula is C22H33IN4O2. The van der Waals surface area contributed by atoms with Gasteiger partial charge in [-0.05, 0) is 44.3 Å². The number of aliphatic imine (C=N–C) groups is 1. The molecule has 0 amide bonds. The van der Waals surface area contributed by atoms with E-state index >= 15 is 0 Å². The largest absolute Gasteiger partial charge is 0.493 e. The van der Waals surface area contributed by atoms with Crippen LogP contribution in [0.2, 0.25) is 0 Å². The van der Waals surface area contributed by atoms with Gasteiger partial charge >= 0.3 is 0 Å². The molecule has 0 radical (unpaired) electrons. The minimum absolute atomic E-state index is 0. The van der Waals surface area contributed by atoms with Crippen molar-refractivity contribution in [2.45, 2.75) is 19.5 Å². The normalized spacial score (nSPS) is 12.1. The summed E-state index contributed by atoms with van der Waals surface area (Å²) in [6.45, 7) is 4.17. The van der Waals surface area contributed by atoms with Gasteiger partial charge in [-0.25, -0.2) is 4.99 Å². The van der Waals surface area contributed by atoms with Gasteiger partial charge in [0.05, 0.1) is 26.8 Å². The molecule has 6 nitrogen and oxygen atoms in total. The molecule has 160 valence electrons. The van der Waals surface area contributed by atoms with E-state index in [2.05, 4.69) is 60.8 Å². The summed E-state index contributed by atoms with van der Waals surface area (Å²) in [6.07, 6.45) is 0. The minimum Gasteiger partial charge on any atom is -0.493 e. The molecule has 2 aromatic carbocycles. The topological polar surface area (TPSA) is 58.1 Å². The minimum atomic E-state index is 0. The highest BCUT2D eigenvalue weighted by atomic mass is 127. The van der Waals surface area contributed by atoms with E-state index in [0.717, 1.165) is 30.4 Å². The maximum atomic E-state index is 5.38. The van der Waals surface area contributed by atoms with Crippen molar-refractivity contribution in [3.05, 3.63) is 59.7 Å². The number of methoxy groups -OCH3 is 2. The van der Waals surface area contributed by atoms with Crippen LogP contribution in [0.4, 0.5) is 0 Å². The Balaban J connectivity index is 0.00000420. The predicted molar refractivity (Wildman–Crippen MR) is 131 cm³/mol. The zero-order valence-corrected chi connectivity index (χ0v) is 20.3. The van der Waals surface area contributed by atoms with Crippen molar-refractivity contribution in [1.82, 2.24) is 15.5 Å². The van der Waals surface area contributed by atoms with Gasteiger partial charge in [-0.1, -0.05) is 36.4 Å². The molecule has 2 N–H and O–H groups in total. The molecule has 0 aliphatic heterocycles. The molecular weight excluding hydrogens is 479 g/mol. The fourth-order valence-electron chi connectivity index (χ4n) is 2.96. The Labute approximate surface area is 191 Å². The molecule has 0 aliphatic rings. The number of halogens is 1. The summed E-state index contributed by atoms with van der Waals surface area (Å²) >= 11 is 0. The number of ether oxygens (including phenoxy) is 2. The van der Waals surface area contributed by atoms with Crippen LogP contribution < -0.4 is 20.1 Å². The quantitative estimate of drug-likeness (QED) is 0.305. The average molecular weight is 512 g/mol. The third kappa shape index (κ3) is 7.74. The number of rotatable bonds is 9. The van der Waals surface area contributed by atoms with E-state index in [0.29, 0.717) is 12.3 Å². The van der Waals surface area contributed by atoms with Gasteiger partial charge in [0.15, 0.2) is 17.5 Å². The first-order valence-corrected chi connectivity index (χ1v) is 9.53.